The van der Waals surface area contributed by atoms with E-state index >= 15 is 0 Å². The summed E-state index contributed by atoms with van der Waals surface area (Å²) in [6, 6.07) is 2.50. The maximum Gasteiger partial charge on any atom is 0.0762 e. The van der Waals surface area contributed by atoms with Gasteiger partial charge in [0.1, 0.15) is 0 Å². The molecule has 3 rings (SSSR count). The van der Waals surface area contributed by atoms with Gasteiger partial charge in [-0.05, 0) is 57.6 Å². The van der Waals surface area contributed by atoms with Crippen LogP contribution in [0, 0.1) is 6.92 Å². The lowest BCUT2D eigenvalue weighted by Crippen LogP contribution is -2.24. The van der Waals surface area contributed by atoms with Gasteiger partial charge in [-0.15, -0.1) is 0 Å². The number of rotatable bonds is 5. The van der Waals surface area contributed by atoms with E-state index in [4.69, 9.17) is 4.98 Å². The van der Waals surface area contributed by atoms with Crippen molar-refractivity contribution in [2.75, 3.05) is 20.6 Å². The van der Waals surface area contributed by atoms with Crippen LogP contribution in [0.1, 0.15) is 41.4 Å². The highest BCUT2D eigenvalue weighted by Crippen LogP contribution is 2.32. The number of likely N-dealkylation sites (tertiary alicyclic amines) is 1. The Kier molecular flexibility index (Phi) is 4.98. The Balaban J connectivity index is 1.77. The first-order chi connectivity index (χ1) is 11.1. The fourth-order valence-corrected chi connectivity index (χ4v) is 3.23. The molecule has 0 spiro atoms. The number of nitrogens with zero attached hydrogens (tertiary/aromatic N) is 5. The second-order valence-corrected chi connectivity index (χ2v) is 6.60. The van der Waals surface area contributed by atoms with E-state index in [1.165, 1.54) is 17.5 Å². The van der Waals surface area contributed by atoms with Gasteiger partial charge in [0.25, 0.3) is 0 Å². The van der Waals surface area contributed by atoms with Gasteiger partial charge in [-0.25, -0.2) is 0 Å². The lowest BCUT2D eigenvalue weighted by molar-refractivity contribution is 0.242. The molecule has 0 N–H and O–H groups in total. The van der Waals surface area contributed by atoms with Crippen LogP contribution in [0.2, 0.25) is 0 Å². The molecule has 0 amide bonds. The molecule has 2 aromatic rings. The van der Waals surface area contributed by atoms with Crippen molar-refractivity contribution in [3.63, 3.8) is 0 Å². The van der Waals surface area contributed by atoms with Gasteiger partial charge >= 0.3 is 0 Å². The summed E-state index contributed by atoms with van der Waals surface area (Å²) in [7, 11) is 4.12. The smallest absolute Gasteiger partial charge is 0.0762 e. The molecular formula is C18H25N5. The van der Waals surface area contributed by atoms with Gasteiger partial charge in [0.05, 0.1) is 17.4 Å². The Morgan fingerprint density at radius 2 is 2.09 bits per heavy atom. The van der Waals surface area contributed by atoms with Crippen LogP contribution in [0.25, 0.3) is 0 Å². The summed E-state index contributed by atoms with van der Waals surface area (Å²) in [5.41, 5.74) is 4.75. The molecule has 1 saturated heterocycles. The summed E-state index contributed by atoms with van der Waals surface area (Å²) in [4.78, 5) is 18.1. The molecule has 2 aromatic heterocycles. The van der Waals surface area contributed by atoms with Crippen molar-refractivity contribution in [1.29, 1.82) is 0 Å². The van der Waals surface area contributed by atoms with Crippen molar-refractivity contribution in [3.8, 4) is 0 Å². The number of aryl methyl sites for hydroxylation is 1. The van der Waals surface area contributed by atoms with E-state index < -0.39 is 0 Å². The summed E-state index contributed by atoms with van der Waals surface area (Å²) in [6.07, 6.45) is 10.00. The lowest BCUT2D eigenvalue weighted by Gasteiger charge is -2.25. The van der Waals surface area contributed by atoms with Crippen LogP contribution < -0.4 is 0 Å². The van der Waals surface area contributed by atoms with Gasteiger partial charge in [-0.2, -0.15) is 0 Å². The second kappa shape index (κ2) is 7.15. The molecule has 5 heteroatoms. The molecule has 1 fully saturated rings. The predicted octanol–water partition coefficient (Wildman–Crippen LogP) is 2.58. The van der Waals surface area contributed by atoms with Gasteiger partial charge in [-0.1, -0.05) is 0 Å². The maximum absolute atomic E-state index is 4.85. The first-order valence-electron chi connectivity index (χ1n) is 8.22. The first kappa shape index (κ1) is 16.0. The molecule has 0 bridgehead atoms. The fourth-order valence-electron chi connectivity index (χ4n) is 3.23. The molecule has 0 unspecified atom stereocenters. The molecule has 23 heavy (non-hydrogen) atoms. The largest absolute Gasteiger partial charge is 0.304 e. The number of pyridine rings is 1. The number of hydrogen-bond donors (Lipinski definition) is 0. The standard InChI is InChI=1S/C18H25N5/c1-14-9-19-7-6-15(14)12-23-8-4-5-18(23)17-11-20-10-16(21-17)13-22(2)3/h6-7,9-11,18H,4-5,8,12-13H2,1-3H3/t18-/m0/s1. The summed E-state index contributed by atoms with van der Waals surface area (Å²) in [6.45, 7) is 5.03. The highest BCUT2D eigenvalue weighted by atomic mass is 15.2. The van der Waals surface area contributed by atoms with E-state index in [0.29, 0.717) is 6.04 Å². The van der Waals surface area contributed by atoms with Crippen molar-refractivity contribution < 1.29 is 0 Å². The van der Waals surface area contributed by atoms with Crippen LogP contribution in [0.5, 0.6) is 0 Å². The van der Waals surface area contributed by atoms with Gasteiger partial charge < -0.3 is 4.90 Å². The van der Waals surface area contributed by atoms with Crippen LogP contribution >= 0.6 is 0 Å². The summed E-state index contributed by atoms with van der Waals surface area (Å²) in [5.74, 6) is 0. The summed E-state index contributed by atoms with van der Waals surface area (Å²) >= 11 is 0. The molecule has 122 valence electrons. The fraction of sp³-hybridized carbons (Fsp3) is 0.500. The highest BCUT2D eigenvalue weighted by molar-refractivity contribution is 5.22. The number of aromatic nitrogens is 3. The Bertz CT molecular complexity index is 655. The van der Waals surface area contributed by atoms with Crippen LogP contribution in [0.15, 0.2) is 30.9 Å². The Morgan fingerprint density at radius 3 is 2.87 bits per heavy atom. The van der Waals surface area contributed by atoms with Gasteiger partial charge in [0.15, 0.2) is 0 Å². The summed E-state index contributed by atoms with van der Waals surface area (Å²) in [5, 5.41) is 0. The zero-order valence-electron chi connectivity index (χ0n) is 14.2. The third-order valence-electron chi connectivity index (χ3n) is 4.40. The average Bonchev–Trinajstić information content (AvgIpc) is 2.97. The normalized spacial score (nSPS) is 18.7. The minimum atomic E-state index is 0.372. The highest BCUT2D eigenvalue weighted by Gasteiger charge is 2.27. The maximum atomic E-state index is 4.85. The van der Waals surface area contributed by atoms with E-state index in [1.807, 2.05) is 24.8 Å². The minimum absolute atomic E-state index is 0.372. The minimum Gasteiger partial charge on any atom is -0.304 e. The SMILES string of the molecule is Cc1cnccc1CN1CCC[C@H]1c1cncc(CN(C)C)n1. The van der Waals surface area contributed by atoms with E-state index in [2.05, 4.69) is 46.9 Å². The molecule has 0 saturated carbocycles. The molecular weight excluding hydrogens is 286 g/mol. The van der Waals surface area contributed by atoms with Crippen molar-refractivity contribution in [2.45, 2.75) is 38.9 Å². The van der Waals surface area contributed by atoms with Crippen LogP contribution in [0.4, 0.5) is 0 Å². The molecule has 5 nitrogen and oxygen atoms in total. The van der Waals surface area contributed by atoms with Crippen molar-refractivity contribution in [2.24, 2.45) is 0 Å². The third kappa shape index (κ3) is 3.92. The van der Waals surface area contributed by atoms with Crippen molar-refractivity contribution in [3.05, 3.63) is 53.4 Å². The second-order valence-electron chi connectivity index (χ2n) is 6.60. The molecule has 1 atom stereocenters. The third-order valence-corrected chi connectivity index (χ3v) is 4.40. The average molecular weight is 311 g/mol. The van der Waals surface area contributed by atoms with Gasteiger partial charge in [-0.3, -0.25) is 19.9 Å². The first-order valence-corrected chi connectivity index (χ1v) is 8.22. The van der Waals surface area contributed by atoms with E-state index in [0.717, 1.165) is 37.4 Å². The molecule has 3 heterocycles. The van der Waals surface area contributed by atoms with Crippen LogP contribution in [-0.2, 0) is 13.1 Å². The van der Waals surface area contributed by atoms with Gasteiger partial charge in [0.2, 0.25) is 0 Å². The topological polar surface area (TPSA) is 45.2 Å². The predicted molar refractivity (Wildman–Crippen MR) is 90.8 cm³/mol. The quantitative estimate of drug-likeness (QED) is 0.849. The van der Waals surface area contributed by atoms with Crippen LogP contribution in [0.3, 0.4) is 0 Å². The molecule has 1 aliphatic rings. The monoisotopic (exact) mass is 311 g/mol. The van der Waals surface area contributed by atoms with E-state index in [-0.39, 0.29) is 0 Å². The zero-order chi connectivity index (χ0) is 16.2. The summed E-state index contributed by atoms with van der Waals surface area (Å²) < 4.78 is 0. The zero-order valence-corrected chi connectivity index (χ0v) is 14.2. The Labute approximate surface area is 138 Å². The molecule has 0 radical (unpaired) electrons. The molecule has 1 aliphatic heterocycles. The molecule has 0 aliphatic carbocycles. The van der Waals surface area contributed by atoms with Crippen molar-refractivity contribution in [1.82, 2.24) is 24.8 Å². The van der Waals surface area contributed by atoms with E-state index in [9.17, 15) is 0 Å². The van der Waals surface area contributed by atoms with Gasteiger partial charge in [0, 0.05) is 37.9 Å². The molecule has 0 aromatic carbocycles. The van der Waals surface area contributed by atoms with Crippen LogP contribution in [-0.4, -0.2) is 45.4 Å². The number of hydrogen-bond acceptors (Lipinski definition) is 5. The van der Waals surface area contributed by atoms with Crippen molar-refractivity contribution >= 4 is 0 Å². The Hall–Kier alpha value is -1.85. The Morgan fingerprint density at radius 1 is 1.22 bits per heavy atom. The van der Waals surface area contributed by atoms with E-state index in [1.54, 1.807) is 0 Å². The lowest BCUT2D eigenvalue weighted by atomic mass is 10.1.